The molecule has 0 spiro atoms. The minimum atomic E-state index is -0.518. The number of carbonyl (C=O) groups excluding carboxylic acids is 2. The van der Waals surface area contributed by atoms with Crippen LogP contribution < -0.4 is 21.5 Å². The Morgan fingerprint density at radius 1 is 1.11 bits per heavy atom. The second kappa shape index (κ2) is 10.8. The van der Waals surface area contributed by atoms with E-state index in [1.165, 1.54) is 16.7 Å². The van der Waals surface area contributed by atoms with E-state index in [1.54, 1.807) is 28.8 Å². The van der Waals surface area contributed by atoms with E-state index < -0.39 is 10.6 Å². The van der Waals surface area contributed by atoms with Gasteiger partial charge in [-0.3, -0.25) is 34.0 Å². The van der Waals surface area contributed by atoms with Gasteiger partial charge < -0.3 is 15.1 Å². The maximum atomic E-state index is 12.5. The lowest BCUT2D eigenvalue weighted by Gasteiger charge is -2.36. The van der Waals surface area contributed by atoms with Crippen molar-refractivity contribution in [3.8, 4) is 0 Å². The first kappa shape index (κ1) is 24.5. The predicted molar refractivity (Wildman–Crippen MR) is 131 cm³/mol. The number of nitro groups is 1. The van der Waals surface area contributed by atoms with Crippen LogP contribution in [-0.4, -0.2) is 69.7 Å². The summed E-state index contributed by atoms with van der Waals surface area (Å²) in [5, 5.41) is 13.4. The van der Waals surface area contributed by atoms with Crippen LogP contribution in [0.3, 0.4) is 0 Å². The van der Waals surface area contributed by atoms with Gasteiger partial charge in [-0.25, -0.2) is 4.79 Å². The predicted octanol–water partition coefficient (Wildman–Crippen LogP) is 0.0892. The molecule has 2 aliphatic rings. The number of nitrogens with one attached hydrogen (secondary N) is 2. The summed E-state index contributed by atoms with van der Waals surface area (Å²) in [6.07, 6.45) is 0.623. The number of aromatic amines is 1. The molecule has 1 saturated heterocycles. The number of nitro benzene ring substituents is 1. The molecule has 0 aliphatic carbocycles. The van der Waals surface area contributed by atoms with Gasteiger partial charge in [-0.2, -0.15) is 11.8 Å². The van der Waals surface area contributed by atoms with E-state index in [0.717, 1.165) is 11.4 Å². The van der Waals surface area contributed by atoms with E-state index in [4.69, 9.17) is 0 Å². The van der Waals surface area contributed by atoms with Gasteiger partial charge in [0.15, 0.2) is 0 Å². The Balaban J connectivity index is 1.24. The van der Waals surface area contributed by atoms with E-state index in [-0.39, 0.29) is 42.6 Å². The van der Waals surface area contributed by atoms with Gasteiger partial charge in [0, 0.05) is 74.0 Å². The van der Waals surface area contributed by atoms with Crippen molar-refractivity contribution in [1.82, 2.24) is 19.8 Å². The van der Waals surface area contributed by atoms with Crippen molar-refractivity contribution in [2.75, 3.05) is 43.4 Å². The van der Waals surface area contributed by atoms with Gasteiger partial charge in [-0.1, -0.05) is 0 Å². The first-order chi connectivity index (χ1) is 16.8. The number of fused-ring (bicyclic) bond motifs is 1. The monoisotopic (exact) mass is 502 g/mol. The lowest BCUT2D eigenvalue weighted by Crippen LogP contribution is -2.51. The Bertz CT molecular complexity index is 1230. The van der Waals surface area contributed by atoms with Crippen LogP contribution in [0.1, 0.15) is 17.7 Å². The van der Waals surface area contributed by atoms with Crippen molar-refractivity contribution in [1.29, 1.82) is 0 Å². The number of non-ortho nitro benzene ring substituents is 1. The highest BCUT2D eigenvalue weighted by Crippen LogP contribution is 2.21. The Kier molecular flexibility index (Phi) is 7.54. The van der Waals surface area contributed by atoms with Gasteiger partial charge in [-0.05, 0) is 24.3 Å². The fraction of sp³-hybridized carbons (Fsp3) is 0.455. The molecule has 35 heavy (non-hydrogen) atoms. The lowest BCUT2D eigenvalue weighted by atomic mass is 10.2. The van der Waals surface area contributed by atoms with Crippen molar-refractivity contribution in [2.45, 2.75) is 25.1 Å². The smallest absolute Gasteiger partial charge is 0.328 e. The molecule has 0 radical (unpaired) electrons. The maximum Gasteiger partial charge on any atom is 0.328 e. The molecule has 4 rings (SSSR count). The van der Waals surface area contributed by atoms with Gasteiger partial charge >= 0.3 is 5.69 Å². The van der Waals surface area contributed by atoms with Crippen LogP contribution in [0.15, 0.2) is 33.9 Å². The molecule has 1 aromatic heterocycles. The number of thioether (sulfide) groups is 1. The molecule has 3 heterocycles. The molecule has 2 aromatic rings. The van der Waals surface area contributed by atoms with Gasteiger partial charge in [0.05, 0.1) is 11.5 Å². The number of rotatable bonds is 7. The number of H-pyrrole nitrogens is 1. The van der Waals surface area contributed by atoms with E-state index in [0.29, 0.717) is 49.6 Å². The van der Waals surface area contributed by atoms with E-state index in [1.807, 2.05) is 4.90 Å². The molecule has 1 fully saturated rings. The molecule has 12 nitrogen and oxygen atoms in total. The van der Waals surface area contributed by atoms with Gasteiger partial charge in [0.25, 0.3) is 11.2 Å². The zero-order valence-corrected chi connectivity index (χ0v) is 19.8. The number of amides is 2. The Morgan fingerprint density at radius 2 is 1.83 bits per heavy atom. The molecule has 2 N–H and O–H groups in total. The molecule has 186 valence electrons. The summed E-state index contributed by atoms with van der Waals surface area (Å²) in [6, 6.07) is 6.30. The average molecular weight is 503 g/mol. The Hall–Kier alpha value is -3.61. The first-order valence-electron chi connectivity index (χ1n) is 11.3. The Labute approximate surface area is 204 Å². The maximum absolute atomic E-state index is 12.5. The third-order valence-electron chi connectivity index (χ3n) is 6.20. The van der Waals surface area contributed by atoms with Crippen molar-refractivity contribution in [3.05, 3.63) is 66.5 Å². The lowest BCUT2D eigenvalue weighted by molar-refractivity contribution is -0.384. The topological polar surface area (TPSA) is 151 Å². The number of hydrogen-bond acceptors (Lipinski definition) is 8. The van der Waals surface area contributed by atoms with Crippen LogP contribution in [0.2, 0.25) is 0 Å². The first-order valence-corrected chi connectivity index (χ1v) is 12.5. The summed E-state index contributed by atoms with van der Waals surface area (Å²) in [5.41, 5.74) is 1.28. The number of anilines is 1. The van der Waals surface area contributed by atoms with Crippen LogP contribution in [-0.2, 0) is 28.3 Å². The average Bonchev–Trinajstić information content (AvgIpc) is 2.87. The number of aromatic nitrogens is 2. The van der Waals surface area contributed by atoms with E-state index in [2.05, 4.69) is 10.3 Å². The molecular weight excluding hydrogens is 476 g/mol. The normalized spacial score (nSPS) is 15.4. The van der Waals surface area contributed by atoms with Gasteiger partial charge in [0.2, 0.25) is 11.8 Å². The van der Waals surface area contributed by atoms with Gasteiger partial charge in [-0.15, -0.1) is 0 Å². The minimum Gasteiger partial charge on any atom is -0.368 e. The second-order valence-corrected chi connectivity index (χ2v) is 9.41. The fourth-order valence-electron chi connectivity index (χ4n) is 4.26. The molecule has 0 bridgehead atoms. The van der Waals surface area contributed by atoms with Crippen molar-refractivity contribution >= 4 is 35.0 Å². The molecule has 0 saturated carbocycles. The van der Waals surface area contributed by atoms with E-state index in [9.17, 15) is 29.3 Å². The number of hydrogen-bond donors (Lipinski definition) is 2. The summed E-state index contributed by atoms with van der Waals surface area (Å²) in [4.78, 5) is 65.5. The zero-order chi connectivity index (χ0) is 24.9. The number of nitrogens with zero attached hydrogens (tertiary/aromatic N) is 4. The third-order valence-corrected chi connectivity index (χ3v) is 7.19. The molecule has 13 heteroatoms. The summed E-state index contributed by atoms with van der Waals surface area (Å²) in [6.45, 7) is 2.11. The van der Waals surface area contributed by atoms with Crippen molar-refractivity contribution < 1.29 is 14.5 Å². The molecule has 2 aliphatic heterocycles. The fourth-order valence-corrected chi connectivity index (χ4v) is 5.24. The van der Waals surface area contributed by atoms with Crippen LogP contribution in [0.5, 0.6) is 0 Å². The summed E-state index contributed by atoms with van der Waals surface area (Å²) in [7, 11) is 0. The van der Waals surface area contributed by atoms with Crippen LogP contribution >= 0.6 is 11.8 Å². The molecule has 2 amide bonds. The summed E-state index contributed by atoms with van der Waals surface area (Å²) >= 11 is 1.63. The van der Waals surface area contributed by atoms with Crippen molar-refractivity contribution in [3.63, 3.8) is 0 Å². The molecule has 0 atom stereocenters. The second-order valence-electron chi connectivity index (χ2n) is 8.31. The standard InChI is InChI=1S/C22H26N6O6S/c29-19(5-7-27-18-6-12-35-14-17(18)21(31)24-22(27)32)23-13-20(30)26-10-8-25(9-11-26)15-1-3-16(4-2-15)28(33)34/h1-4H,5-14H2,(H,23,29)(H,24,31,32). The molecular formula is C22H26N6O6S. The Morgan fingerprint density at radius 3 is 2.51 bits per heavy atom. The van der Waals surface area contributed by atoms with Crippen LogP contribution in [0, 0.1) is 10.1 Å². The molecule has 0 unspecified atom stereocenters. The highest BCUT2D eigenvalue weighted by molar-refractivity contribution is 7.98. The number of carbonyl (C=O) groups is 2. The minimum absolute atomic E-state index is 0.0206. The van der Waals surface area contributed by atoms with Crippen LogP contribution in [0.25, 0.3) is 0 Å². The quantitative estimate of drug-likeness (QED) is 0.399. The van der Waals surface area contributed by atoms with E-state index >= 15 is 0 Å². The summed E-state index contributed by atoms with van der Waals surface area (Å²) in [5.74, 6) is 0.814. The summed E-state index contributed by atoms with van der Waals surface area (Å²) < 4.78 is 1.45. The number of piperazine rings is 1. The van der Waals surface area contributed by atoms with Crippen LogP contribution in [0.4, 0.5) is 11.4 Å². The highest BCUT2D eigenvalue weighted by atomic mass is 32.2. The van der Waals surface area contributed by atoms with Gasteiger partial charge in [0.1, 0.15) is 0 Å². The van der Waals surface area contributed by atoms with Crippen molar-refractivity contribution in [2.24, 2.45) is 0 Å². The largest absolute Gasteiger partial charge is 0.368 e. The third kappa shape index (κ3) is 5.73. The zero-order valence-electron chi connectivity index (χ0n) is 19.0. The SMILES string of the molecule is O=C(CCn1c2c(c(=O)[nH]c1=O)CSCC2)NCC(=O)N1CCN(c2ccc([N+](=O)[O-])cc2)CC1. The molecule has 1 aromatic carbocycles. The highest BCUT2D eigenvalue weighted by Gasteiger charge is 2.23. The number of benzene rings is 1.